The first-order valence-corrected chi connectivity index (χ1v) is 9.85. The van der Waals surface area contributed by atoms with Gasteiger partial charge in [-0.1, -0.05) is 42.5 Å². The number of carbonyl (C=O) groups is 1. The van der Waals surface area contributed by atoms with Crippen molar-refractivity contribution in [1.82, 2.24) is 0 Å². The summed E-state index contributed by atoms with van der Waals surface area (Å²) in [7, 11) is 5.57. The average molecular weight is 399 g/mol. The summed E-state index contributed by atoms with van der Waals surface area (Å²) in [4.78, 5) is 13.6. The molecule has 0 radical (unpaired) electrons. The molecule has 3 rings (SSSR count). The van der Waals surface area contributed by atoms with E-state index >= 15 is 0 Å². The Labute approximate surface area is 177 Å². The number of carbonyl (C=O) groups excluding carboxylic acids is 1. The fraction of sp³-hybridized carbons (Fsp3) is 0.320. The molecule has 0 aromatic heterocycles. The second kappa shape index (κ2) is 8.84. The highest BCUT2D eigenvalue weighted by atomic mass is 16.5. The lowest BCUT2D eigenvalue weighted by molar-refractivity contribution is -0.105. The molecule has 0 saturated heterocycles. The van der Waals surface area contributed by atoms with Crippen molar-refractivity contribution in [3.05, 3.63) is 71.3 Å². The third-order valence-electron chi connectivity index (χ3n) is 5.82. The van der Waals surface area contributed by atoms with Crippen LogP contribution in [0.5, 0.6) is 5.75 Å². The number of hydrogen-bond acceptors (Lipinski definition) is 5. The molecule has 0 heterocycles. The first-order valence-electron chi connectivity index (χ1n) is 9.85. The second-order valence-corrected chi connectivity index (χ2v) is 7.88. The van der Waals surface area contributed by atoms with Gasteiger partial charge in [-0.2, -0.15) is 10.5 Å². The molecule has 0 bridgehead atoms. The molecular weight excluding hydrogens is 374 g/mol. The Bertz CT molecular complexity index is 1010. The van der Waals surface area contributed by atoms with Crippen LogP contribution in [0, 0.1) is 34.0 Å². The lowest BCUT2D eigenvalue weighted by Crippen LogP contribution is -2.36. The van der Waals surface area contributed by atoms with Crippen molar-refractivity contribution >= 4 is 12.0 Å². The summed E-state index contributed by atoms with van der Waals surface area (Å²) in [5.74, 6) is 0.203. The largest absolute Gasteiger partial charge is 0.496 e. The third-order valence-corrected chi connectivity index (χ3v) is 5.82. The van der Waals surface area contributed by atoms with Crippen LogP contribution in [0.25, 0.3) is 0 Å². The molecule has 0 amide bonds. The molecule has 0 saturated carbocycles. The molecule has 0 fully saturated rings. The number of rotatable bonds is 6. The lowest BCUT2D eigenvalue weighted by Gasteiger charge is -2.38. The molecular formula is C25H25N3O2. The minimum atomic E-state index is -1.30. The summed E-state index contributed by atoms with van der Waals surface area (Å²) in [6, 6.07) is 20.2. The maximum absolute atomic E-state index is 11.6. The standard InChI is InChI=1S/C25H25N3O2/c1-28(2)22-10-9-20(23(13-22)30-3)12-21-11-18(15-29)14-25(16-26,17-27)24(21)19-7-5-4-6-8-19/h4-11,13,15,21,24H,12,14H2,1-3H3/t21-,24-/m1/s1. The van der Waals surface area contributed by atoms with Gasteiger partial charge >= 0.3 is 0 Å². The monoisotopic (exact) mass is 399 g/mol. The van der Waals surface area contributed by atoms with Crippen LogP contribution in [0.3, 0.4) is 0 Å². The summed E-state index contributed by atoms with van der Waals surface area (Å²) >= 11 is 0. The maximum Gasteiger partial charge on any atom is 0.155 e. The Kier molecular flexibility index (Phi) is 6.23. The van der Waals surface area contributed by atoms with Gasteiger partial charge in [0.15, 0.2) is 5.41 Å². The van der Waals surface area contributed by atoms with Gasteiger partial charge in [0.2, 0.25) is 0 Å². The first kappa shape index (κ1) is 21.1. The maximum atomic E-state index is 11.6. The molecule has 0 unspecified atom stereocenters. The number of allylic oxidation sites excluding steroid dienone is 2. The minimum absolute atomic E-state index is 0.135. The Morgan fingerprint density at radius 1 is 1.17 bits per heavy atom. The van der Waals surface area contributed by atoms with E-state index in [9.17, 15) is 15.3 Å². The van der Waals surface area contributed by atoms with E-state index in [4.69, 9.17) is 4.74 Å². The van der Waals surface area contributed by atoms with Crippen LogP contribution < -0.4 is 9.64 Å². The van der Waals surface area contributed by atoms with Gasteiger partial charge < -0.3 is 9.64 Å². The fourth-order valence-electron chi connectivity index (χ4n) is 4.35. The second-order valence-electron chi connectivity index (χ2n) is 7.88. The van der Waals surface area contributed by atoms with E-state index in [-0.39, 0.29) is 18.3 Å². The fourth-order valence-corrected chi connectivity index (χ4v) is 4.35. The first-order chi connectivity index (χ1) is 14.5. The van der Waals surface area contributed by atoms with Gasteiger partial charge in [0.25, 0.3) is 0 Å². The Hall–Kier alpha value is -3.57. The number of nitriles is 2. The van der Waals surface area contributed by atoms with E-state index in [2.05, 4.69) is 12.1 Å². The minimum Gasteiger partial charge on any atom is -0.496 e. The zero-order valence-electron chi connectivity index (χ0n) is 17.5. The Morgan fingerprint density at radius 3 is 2.43 bits per heavy atom. The quantitative estimate of drug-likeness (QED) is 0.678. The summed E-state index contributed by atoms with van der Waals surface area (Å²) in [5.41, 5.74) is 2.12. The molecule has 1 aliphatic rings. The van der Waals surface area contributed by atoms with Gasteiger partial charge in [-0.3, -0.25) is 4.79 Å². The van der Waals surface area contributed by atoms with Crippen molar-refractivity contribution in [2.75, 3.05) is 26.1 Å². The third kappa shape index (κ3) is 3.93. The molecule has 0 spiro atoms. The number of methoxy groups -OCH3 is 1. The van der Waals surface area contributed by atoms with Crippen LogP contribution in [0.2, 0.25) is 0 Å². The van der Waals surface area contributed by atoms with Crippen molar-refractivity contribution in [2.24, 2.45) is 11.3 Å². The number of nitrogens with zero attached hydrogens (tertiary/aromatic N) is 3. The predicted octanol–water partition coefficient (Wildman–Crippen LogP) is 4.27. The van der Waals surface area contributed by atoms with Gasteiger partial charge in [0.05, 0.1) is 19.2 Å². The number of hydrogen-bond donors (Lipinski definition) is 0. The summed E-state index contributed by atoms with van der Waals surface area (Å²) in [6.07, 6.45) is 3.38. The molecule has 5 heteroatoms. The summed E-state index contributed by atoms with van der Waals surface area (Å²) in [5, 5.41) is 20.0. The van der Waals surface area contributed by atoms with E-state index in [0.29, 0.717) is 12.0 Å². The molecule has 2 aromatic carbocycles. The van der Waals surface area contributed by atoms with Crippen LogP contribution >= 0.6 is 0 Å². The Balaban J connectivity index is 2.11. The Morgan fingerprint density at radius 2 is 1.87 bits per heavy atom. The van der Waals surface area contributed by atoms with Crippen LogP contribution in [-0.2, 0) is 11.2 Å². The molecule has 152 valence electrons. The highest BCUT2D eigenvalue weighted by molar-refractivity contribution is 5.74. The molecule has 30 heavy (non-hydrogen) atoms. The van der Waals surface area contributed by atoms with E-state index in [0.717, 1.165) is 28.8 Å². The number of ether oxygens (including phenoxy) is 1. The van der Waals surface area contributed by atoms with Crippen LogP contribution in [-0.4, -0.2) is 27.5 Å². The molecule has 2 atom stereocenters. The van der Waals surface area contributed by atoms with Gasteiger partial charge in [0.1, 0.15) is 12.0 Å². The average Bonchev–Trinajstić information content (AvgIpc) is 2.79. The van der Waals surface area contributed by atoms with Gasteiger partial charge in [-0.15, -0.1) is 0 Å². The number of anilines is 1. The van der Waals surface area contributed by atoms with Gasteiger partial charge in [0, 0.05) is 38.2 Å². The molecule has 1 aliphatic carbocycles. The van der Waals surface area contributed by atoms with Crippen molar-refractivity contribution in [3.63, 3.8) is 0 Å². The van der Waals surface area contributed by atoms with E-state index < -0.39 is 5.41 Å². The van der Waals surface area contributed by atoms with Crippen molar-refractivity contribution in [1.29, 1.82) is 10.5 Å². The van der Waals surface area contributed by atoms with E-state index in [1.54, 1.807) is 7.11 Å². The van der Waals surface area contributed by atoms with Crippen LogP contribution in [0.4, 0.5) is 5.69 Å². The van der Waals surface area contributed by atoms with Gasteiger partial charge in [-0.05, 0) is 35.1 Å². The zero-order chi connectivity index (χ0) is 21.7. The summed E-state index contributed by atoms with van der Waals surface area (Å²) in [6.45, 7) is 0. The van der Waals surface area contributed by atoms with Crippen molar-refractivity contribution in [3.8, 4) is 17.9 Å². The van der Waals surface area contributed by atoms with Crippen molar-refractivity contribution < 1.29 is 9.53 Å². The van der Waals surface area contributed by atoms with Crippen LogP contribution in [0.15, 0.2) is 60.2 Å². The smallest absolute Gasteiger partial charge is 0.155 e. The number of benzene rings is 2. The van der Waals surface area contributed by atoms with E-state index in [1.807, 2.05) is 73.6 Å². The van der Waals surface area contributed by atoms with Gasteiger partial charge in [-0.25, -0.2) is 0 Å². The predicted molar refractivity (Wildman–Crippen MR) is 116 cm³/mol. The number of aldehydes is 1. The normalized spacial score (nSPS) is 19.7. The summed E-state index contributed by atoms with van der Waals surface area (Å²) < 4.78 is 5.63. The SMILES string of the molecule is COc1cc(N(C)C)ccc1C[C@H]1C=C(C=O)CC(C#N)(C#N)[C@@H]1c1ccccc1. The van der Waals surface area contributed by atoms with Crippen molar-refractivity contribution in [2.45, 2.75) is 18.8 Å². The lowest BCUT2D eigenvalue weighted by atomic mass is 9.60. The van der Waals surface area contributed by atoms with Crippen LogP contribution in [0.1, 0.15) is 23.5 Å². The molecule has 2 aromatic rings. The topological polar surface area (TPSA) is 77.1 Å². The highest BCUT2D eigenvalue weighted by Gasteiger charge is 2.47. The molecule has 5 nitrogen and oxygen atoms in total. The molecule has 0 aliphatic heterocycles. The highest BCUT2D eigenvalue weighted by Crippen LogP contribution is 2.50. The zero-order valence-corrected chi connectivity index (χ0v) is 17.5. The molecule has 0 N–H and O–H groups in total. The van der Waals surface area contributed by atoms with E-state index in [1.165, 1.54) is 0 Å².